The van der Waals surface area contributed by atoms with Gasteiger partial charge >= 0.3 is 0 Å². The van der Waals surface area contributed by atoms with Crippen LogP contribution in [-0.2, 0) is 11.2 Å². The van der Waals surface area contributed by atoms with E-state index in [1.54, 1.807) is 6.07 Å². The molecule has 8 nitrogen and oxygen atoms in total. The number of hydrogen-bond donors (Lipinski definition) is 1. The summed E-state index contributed by atoms with van der Waals surface area (Å²) in [4.78, 5) is 22.8. The fraction of sp³-hybridized carbons (Fsp3) is 0.172. The highest BCUT2D eigenvalue weighted by molar-refractivity contribution is 8.00. The second-order valence-electron chi connectivity index (χ2n) is 8.66. The average molecular weight is 524 g/mol. The monoisotopic (exact) mass is 523 g/mol. The number of nitrogens with one attached hydrogen (secondary N) is 1. The minimum absolute atomic E-state index is 0.145. The van der Waals surface area contributed by atoms with Crippen LogP contribution >= 0.6 is 11.8 Å². The predicted octanol–water partition coefficient (Wildman–Crippen LogP) is 5.55. The zero-order chi connectivity index (χ0) is 25.9. The van der Waals surface area contributed by atoms with Gasteiger partial charge in [0.1, 0.15) is 18.2 Å². The van der Waals surface area contributed by atoms with Gasteiger partial charge in [-0.25, -0.2) is 14.6 Å². The maximum atomic E-state index is 13.0. The van der Waals surface area contributed by atoms with E-state index in [1.165, 1.54) is 11.8 Å². The second-order valence-corrected chi connectivity index (χ2v) is 9.62. The molecule has 1 aliphatic rings. The van der Waals surface area contributed by atoms with Crippen LogP contribution in [0.25, 0.3) is 28.1 Å². The third kappa shape index (κ3) is 4.80. The van der Waals surface area contributed by atoms with Gasteiger partial charge in [-0.05, 0) is 30.7 Å². The van der Waals surface area contributed by atoms with Crippen LogP contribution in [-0.4, -0.2) is 44.6 Å². The van der Waals surface area contributed by atoms with Crippen LogP contribution in [0, 0.1) is 0 Å². The molecule has 0 atom stereocenters. The Morgan fingerprint density at radius 1 is 0.947 bits per heavy atom. The highest BCUT2D eigenvalue weighted by atomic mass is 32.2. The third-order valence-corrected chi connectivity index (χ3v) is 7.08. The molecule has 3 heterocycles. The van der Waals surface area contributed by atoms with Crippen LogP contribution in [0.2, 0.25) is 0 Å². The number of aromatic nitrogens is 4. The van der Waals surface area contributed by atoms with E-state index in [2.05, 4.69) is 12.2 Å². The fourth-order valence-electron chi connectivity index (χ4n) is 4.32. The molecule has 0 spiro atoms. The zero-order valence-corrected chi connectivity index (χ0v) is 21.6. The lowest BCUT2D eigenvalue weighted by Gasteiger charge is -2.19. The van der Waals surface area contributed by atoms with Gasteiger partial charge in [-0.3, -0.25) is 4.79 Å². The maximum Gasteiger partial charge on any atom is 0.234 e. The number of hydrogen-bond acceptors (Lipinski definition) is 7. The van der Waals surface area contributed by atoms with Crippen LogP contribution in [0.3, 0.4) is 0 Å². The second kappa shape index (κ2) is 10.5. The van der Waals surface area contributed by atoms with Gasteiger partial charge in [0.05, 0.1) is 22.5 Å². The number of fused-ring (bicyclic) bond motifs is 2. The van der Waals surface area contributed by atoms with E-state index in [0.717, 1.165) is 33.0 Å². The molecule has 190 valence electrons. The lowest BCUT2D eigenvalue weighted by Crippen LogP contribution is -2.17. The summed E-state index contributed by atoms with van der Waals surface area (Å²) in [5.41, 5.74) is 4.08. The Labute approximate surface area is 224 Å². The topological polar surface area (TPSA) is 91.2 Å². The van der Waals surface area contributed by atoms with Crippen molar-refractivity contribution in [2.45, 2.75) is 18.4 Å². The molecule has 6 rings (SSSR count). The number of anilines is 1. The molecule has 2 aromatic heterocycles. The molecule has 9 heteroatoms. The van der Waals surface area contributed by atoms with E-state index in [1.807, 2.05) is 77.5 Å². The number of para-hydroxylation sites is 1. The van der Waals surface area contributed by atoms with E-state index in [4.69, 9.17) is 24.5 Å². The SMILES string of the molecule is CCc1nn(-c2ccccc2)c2nc(-c3ccccc3)nc(SCC(=O)Nc3ccc4c(c3)OCCO4)c12. The first-order valence-corrected chi connectivity index (χ1v) is 13.4. The zero-order valence-electron chi connectivity index (χ0n) is 20.8. The lowest BCUT2D eigenvalue weighted by atomic mass is 10.2. The van der Waals surface area contributed by atoms with Crippen molar-refractivity contribution < 1.29 is 14.3 Å². The fourth-order valence-corrected chi connectivity index (χ4v) is 5.17. The molecule has 1 N–H and O–H groups in total. The average Bonchev–Trinajstić information content (AvgIpc) is 3.36. The first-order valence-electron chi connectivity index (χ1n) is 12.4. The van der Waals surface area contributed by atoms with Gasteiger partial charge in [-0.15, -0.1) is 0 Å². The van der Waals surface area contributed by atoms with Crippen molar-refractivity contribution in [2.24, 2.45) is 0 Å². The summed E-state index contributed by atoms with van der Waals surface area (Å²) in [7, 11) is 0. The number of amides is 1. The minimum atomic E-state index is -0.145. The summed E-state index contributed by atoms with van der Waals surface area (Å²) in [5, 5.41) is 9.44. The molecule has 1 amide bonds. The highest BCUT2D eigenvalue weighted by Gasteiger charge is 2.21. The number of carbonyl (C=O) groups is 1. The summed E-state index contributed by atoms with van der Waals surface area (Å²) in [6.45, 7) is 3.07. The Balaban J connectivity index is 1.34. The van der Waals surface area contributed by atoms with E-state index in [9.17, 15) is 4.79 Å². The van der Waals surface area contributed by atoms with Crippen molar-refractivity contribution in [1.29, 1.82) is 0 Å². The highest BCUT2D eigenvalue weighted by Crippen LogP contribution is 2.34. The molecule has 0 radical (unpaired) electrons. The minimum Gasteiger partial charge on any atom is -0.486 e. The van der Waals surface area contributed by atoms with E-state index in [0.29, 0.717) is 42.6 Å². The molecule has 0 aliphatic carbocycles. The van der Waals surface area contributed by atoms with Crippen LogP contribution in [0.15, 0.2) is 83.9 Å². The van der Waals surface area contributed by atoms with Gasteiger partial charge in [-0.2, -0.15) is 5.10 Å². The summed E-state index contributed by atoms with van der Waals surface area (Å²) in [5.74, 6) is 1.94. The molecule has 0 saturated carbocycles. The Morgan fingerprint density at radius 2 is 1.68 bits per heavy atom. The first-order chi connectivity index (χ1) is 18.7. The largest absolute Gasteiger partial charge is 0.486 e. The number of benzene rings is 3. The Bertz CT molecular complexity index is 1610. The van der Waals surface area contributed by atoms with Crippen molar-refractivity contribution in [2.75, 3.05) is 24.3 Å². The standard InChI is InChI=1S/C29H25N5O3S/c1-2-22-26-28(34(33-22)21-11-7-4-8-12-21)31-27(19-9-5-3-6-10-19)32-29(26)38-18-25(35)30-20-13-14-23-24(17-20)37-16-15-36-23/h3-14,17H,2,15-16,18H2,1H3,(H,30,35). The summed E-state index contributed by atoms with van der Waals surface area (Å²) >= 11 is 1.38. The van der Waals surface area contributed by atoms with Gasteiger partial charge in [-0.1, -0.05) is 67.2 Å². The molecule has 5 aromatic rings. The number of rotatable bonds is 7. The van der Waals surface area contributed by atoms with Crippen molar-refractivity contribution in [3.8, 4) is 28.6 Å². The number of ether oxygens (including phenoxy) is 2. The van der Waals surface area contributed by atoms with Crippen LogP contribution in [0.4, 0.5) is 5.69 Å². The van der Waals surface area contributed by atoms with Gasteiger partial charge in [0.15, 0.2) is 23.0 Å². The third-order valence-electron chi connectivity index (χ3n) is 6.10. The summed E-state index contributed by atoms with van der Waals surface area (Å²) < 4.78 is 13.1. The molecular weight excluding hydrogens is 498 g/mol. The molecule has 1 aliphatic heterocycles. The van der Waals surface area contributed by atoms with Gasteiger partial charge < -0.3 is 14.8 Å². The van der Waals surface area contributed by atoms with Gasteiger partial charge in [0.25, 0.3) is 0 Å². The molecule has 0 saturated heterocycles. The van der Waals surface area contributed by atoms with Crippen LogP contribution < -0.4 is 14.8 Å². The molecule has 0 fully saturated rings. The van der Waals surface area contributed by atoms with E-state index in [-0.39, 0.29) is 11.7 Å². The smallest absolute Gasteiger partial charge is 0.234 e. The molecular formula is C29H25N5O3S. The summed E-state index contributed by atoms with van der Waals surface area (Å²) in [6, 6.07) is 25.2. The number of thioether (sulfide) groups is 1. The van der Waals surface area contributed by atoms with Crippen molar-refractivity contribution >= 4 is 34.4 Å². The van der Waals surface area contributed by atoms with Crippen LogP contribution in [0.1, 0.15) is 12.6 Å². The van der Waals surface area contributed by atoms with Crippen molar-refractivity contribution in [3.05, 3.63) is 84.6 Å². The maximum absolute atomic E-state index is 13.0. The number of carbonyl (C=O) groups excluding carboxylic acids is 1. The first kappa shape index (κ1) is 24.0. The van der Waals surface area contributed by atoms with Gasteiger partial charge in [0, 0.05) is 17.3 Å². The number of nitrogens with zero attached hydrogens (tertiary/aromatic N) is 4. The predicted molar refractivity (Wildman–Crippen MR) is 148 cm³/mol. The Kier molecular flexibility index (Phi) is 6.66. The Morgan fingerprint density at radius 3 is 2.45 bits per heavy atom. The van der Waals surface area contributed by atoms with Gasteiger partial charge in [0.2, 0.25) is 5.91 Å². The normalized spacial score (nSPS) is 12.4. The van der Waals surface area contributed by atoms with Crippen molar-refractivity contribution in [3.63, 3.8) is 0 Å². The van der Waals surface area contributed by atoms with E-state index >= 15 is 0 Å². The summed E-state index contributed by atoms with van der Waals surface area (Å²) in [6.07, 6.45) is 0.710. The van der Waals surface area contributed by atoms with Crippen molar-refractivity contribution in [1.82, 2.24) is 19.7 Å². The molecule has 38 heavy (non-hydrogen) atoms. The molecule has 0 bridgehead atoms. The molecule has 0 unspecified atom stereocenters. The molecule has 3 aromatic carbocycles. The number of aryl methyl sites for hydroxylation is 1. The van der Waals surface area contributed by atoms with Crippen LogP contribution in [0.5, 0.6) is 11.5 Å². The lowest BCUT2D eigenvalue weighted by molar-refractivity contribution is -0.113. The van der Waals surface area contributed by atoms with E-state index < -0.39 is 0 Å². The quantitative estimate of drug-likeness (QED) is 0.221. The Hall–Kier alpha value is -4.37.